The molecule has 0 saturated heterocycles. The van der Waals surface area contributed by atoms with Crippen LogP contribution in [0.1, 0.15) is 47.5 Å². The van der Waals surface area contributed by atoms with Gasteiger partial charge >= 0.3 is 5.97 Å². The molecule has 0 spiro atoms. The van der Waals surface area contributed by atoms with Crippen molar-refractivity contribution < 1.29 is 29.4 Å². The van der Waals surface area contributed by atoms with Crippen molar-refractivity contribution in [2.45, 2.75) is 71.7 Å². The van der Waals surface area contributed by atoms with Crippen LogP contribution in [0, 0.1) is 11.8 Å². The van der Waals surface area contributed by atoms with Crippen LogP contribution in [0.4, 0.5) is 0 Å². The minimum atomic E-state index is -1.30. The molecule has 0 saturated carbocycles. The van der Waals surface area contributed by atoms with Gasteiger partial charge in [-0.1, -0.05) is 34.1 Å². The van der Waals surface area contributed by atoms with E-state index in [9.17, 15) is 24.3 Å². The lowest BCUT2D eigenvalue weighted by atomic mass is 9.97. The Hall–Kier alpha value is -2.20. The van der Waals surface area contributed by atoms with Crippen molar-refractivity contribution in [3.8, 4) is 0 Å². The van der Waals surface area contributed by atoms with Crippen molar-refractivity contribution in [2.75, 3.05) is 6.54 Å². The number of aliphatic hydroxyl groups excluding tert-OH is 1. The molecule has 5 atom stereocenters. The first-order valence-electron chi connectivity index (χ1n) is 9.44. The van der Waals surface area contributed by atoms with E-state index in [4.69, 9.17) is 10.8 Å². The normalized spacial score (nSPS) is 16.4. The van der Waals surface area contributed by atoms with Gasteiger partial charge < -0.3 is 31.9 Å². The highest BCUT2D eigenvalue weighted by molar-refractivity contribution is 5.94. The smallest absolute Gasteiger partial charge is 0.322 e. The van der Waals surface area contributed by atoms with E-state index in [0.717, 1.165) is 0 Å². The molecule has 28 heavy (non-hydrogen) atoms. The lowest BCUT2D eigenvalue weighted by molar-refractivity contribution is -0.139. The third-order valence-electron chi connectivity index (χ3n) is 4.33. The molecule has 7 N–H and O–H groups in total. The van der Waals surface area contributed by atoms with E-state index in [1.54, 1.807) is 6.92 Å². The third kappa shape index (κ3) is 9.14. The Morgan fingerprint density at radius 2 is 1.46 bits per heavy atom. The number of rotatable bonds is 12. The summed E-state index contributed by atoms with van der Waals surface area (Å²) in [5.74, 6) is -3.33. The van der Waals surface area contributed by atoms with Crippen LogP contribution >= 0.6 is 0 Å². The fourth-order valence-electron chi connectivity index (χ4n) is 2.50. The largest absolute Gasteiger partial charge is 0.480 e. The molecule has 0 rings (SSSR count). The van der Waals surface area contributed by atoms with Gasteiger partial charge in [0.25, 0.3) is 0 Å². The molecular weight excluding hydrogens is 368 g/mol. The first-order valence-corrected chi connectivity index (χ1v) is 9.44. The molecule has 10 heteroatoms. The number of hydrogen-bond donors (Lipinski definition) is 6. The van der Waals surface area contributed by atoms with E-state index in [1.165, 1.54) is 6.92 Å². The second kappa shape index (κ2) is 12.3. The number of hydrogen-bond acceptors (Lipinski definition) is 6. The highest BCUT2D eigenvalue weighted by Crippen LogP contribution is 2.09. The summed E-state index contributed by atoms with van der Waals surface area (Å²) in [7, 11) is 0. The molecule has 0 aromatic rings. The van der Waals surface area contributed by atoms with Crippen molar-refractivity contribution in [3.05, 3.63) is 0 Å². The Morgan fingerprint density at radius 1 is 0.929 bits per heavy atom. The molecule has 3 amide bonds. The highest BCUT2D eigenvalue weighted by Gasteiger charge is 2.33. The number of carbonyl (C=O) groups excluding carboxylic acids is 3. The monoisotopic (exact) mass is 402 g/mol. The summed E-state index contributed by atoms with van der Waals surface area (Å²) in [5.41, 5.74) is 5.81. The van der Waals surface area contributed by atoms with Gasteiger partial charge in [-0.05, 0) is 25.2 Å². The Morgan fingerprint density at radius 3 is 1.89 bits per heavy atom. The predicted octanol–water partition coefficient (Wildman–Crippen LogP) is -1.04. The minimum absolute atomic E-state index is 0.173. The molecule has 0 aliphatic carbocycles. The number of aliphatic hydroxyl groups is 1. The fourth-order valence-corrected chi connectivity index (χ4v) is 2.50. The predicted molar refractivity (Wildman–Crippen MR) is 103 cm³/mol. The standard InChI is InChI=1S/C18H34N4O6/c1-6-10(4)14(17(27)20-8-13(24)25)21-18(28)15(11(5)23)22-16(26)12(19)7-9(2)3/h9-12,14-15,23H,6-8,19H2,1-5H3,(H,20,27)(H,21,28)(H,22,26)(H,24,25). The first kappa shape index (κ1) is 25.8. The van der Waals surface area contributed by atoms with Gasteiger partial charge in [0.1, 0.15) is 18.6 Å². The minimum Gasteiger partial charge on any atom is -0.480 e. The maximum Gasteiger partial charge on any atom is 0.322 e. The van der Waals surface area contributed by atoms with Gasteiger partial charge in [-0.15, -0.1) is 0 Å². The Bertz CT molecular complexity index is 552. The Balaban J connectivity index is 5.21. The molecule has 5 unspecified atom stereocenters. The van der Waals surface area contributed by atoms with Gasteiger partial charge in [0.15, 0.2) is 0 Å². The average Bonchev–Trinajstić information content (AvgIpc) is 2.59. The molecule has 162 valence electrons. The summed E-state index contributed by atoms with van der Waals surface area (Å²) >= 11 is 0. The number of carbonyl (C=O) groups is 4. The van der Waals surface area contributed by atoms with Gasteiger partial charge in [0, 0.05) is 0 Å². The van der Waals surface area contributed by atoms with Gasteiger partial charge in [0.05, 0.1) is 12.1 Å². The van der Waals surface area contributed by atoms with Crippen LogP contribution in [0.2, 0.25) is 0 Å². The van der Waals surface area contributed by atoms with Crippen LogP contribution in [0.15, 0.2) is 0 Å². The fraction of sp³-hybridized carbons (Fsp3) is 0.778. The summed E-state index contributed by atoms with van der Waals surface area (Å²) in [6, 6.07) is -3.15. The average molecular weight is 402 g/mol. The van der Waals surface area contributed by atoms with Crippen LogP contribution in [0.25, 0.3) is 0 Å². The van der Waals surface area contributed by atoms with Crippen LogP contribution < -0.4 is 21.7 Å². The van der Waals surface area contributed by atoms with Gasteiger partial charge in [-0.3, -0.25) is 19.2 Å². The summed E-state index contributed by atoms with van der Waals surface area (Å²) < 4.78 is 0. The first-order chi connectivity index (χ1) is 12.9. The van der Waals surface area contributed by atoms with Gasteiger partial charge in [-0.2, -0.15) is 0 Å². The molecule has 0 radical (unpaired) electrons. The zero-order valence-electron chi connectivity index (χ0n) is 17.2. The van der Waals surface area contributed by atoms with Crippen molar-refractivity contribution >= 4 is 23.7 Å². The quantitative estimate of drug-likeness (QED) is 0.242. The highest BCUT2D eigenvalue weighted by atomic mass is 16.4. The van der Waals surface area contributed by atoms with Crippen molar-refractivity contribution in [1.82, 2.24) is 16.0 Å². The molecule has 0 aliphatic heterocycles. The number of nitrogens with one attached hydrogen (secondary N) is 3. The second-order valence-electron chi connectivity index (χ2n) is 7.45. The lowest BCUT2D eigenvalue weighted by Gasteiger charge is -2.28. The molecule has 10 nitrogen and oxygen atoms in total. The topological polar surface area (TPSA) is 171 Å². The third-order valence-corrected chi connectivity index (χ3v) is 4.33. The Labute approximate surface area is 165 Å². The van der Waals surface area contributed by atoms with E-state index in [1.807, 2.05) is 20.8 Å². The summed E-state index contributed by atoms with van der Waals surface area (Å²) in [6.45, 7) is 8.09. The molecule has 0 fully saturated rings. The van der Waals surface area contributed by atoms with Crippen molar-refractivity contribution in [1.29, 1.82) is 0 Å². The van der Waals surface area contributed by atoms with E-state index in [0.29, 0.717) is 12.8 Å². The van der Waals surface area contributed by atoms with E-state index < -0.39 is 54.5 Å². The second-order valence-corrected chi connectivity index (χ2v) is 7.45. The number of nitrogens with two attached hydrogens (primary N) is 1. The van der Waals surface area contributed by atoms with Gasteiger partial charge in [0.2, 0.25) is 17.7 Å². The molecular formula is C18H34N4O6. The van der Waals surface area contributed by atoms with Crippen LogP contribution in [-0.2, 0) is 19.2 Å². The molecule has 0 aromatic heterocycles. The molecule has 0 aliphatic rings. The van der Waals surface area contributed by atoms with E-state index >= 15 is 0 Å². The number of amides is 3. The maximum absolute atomic E-state index is 12.6. The van der Waals surface area contributed by atoms with Crippen molar-refractivity contribution in [2.24, 2.45) is 17.6 Å². The number of carboxylic acid groups (broad SMARTS) is 1. The number of carboxylic acids is 1. The lowest BCUT2D eigenvalue weighted by Crippen LogP contribution is -2.60. The zero-order chi connectivity index (χ0) is 22.0. The number of aliphatic carboxylic acids is 1. The Kier molecular flexibility index (Phi) is 11.3. The van der Waals surface area contributed by atoms with Gasteiger partial charge in [-0.25, -0.2) is 0 Å². The maximum atomic E-state index is 12.6. The van der Waals surface area contributed by atoms with Crippen LogP contribution in [0.3, 0.4) is 0 Å². The van der Waals surface area contributed by atoms with E-state index in [2.05, 4.69) is 16.0 Å². The summed E-state index contributed by atoms with van der Waals surface area (Å²) in [4.78, 5) is 47.7. The SMILES string of the molecule is CCC(C)C(NC(=O)C(NC(=O)C(N)CC(C)C)C(C)O)C(=O)NCC(=O)O. The van der Waals surface area contributed by atoms with Crippen molar-refractivity contribution in [3.63, 3.8) is 0 Å². The zero-order valence-corrected chi connectivity index (χ0v) is 17.2. The summed E-state index contributed by atoms with van der Waals surface area (Å²) in [6.07, 6.45) is -0.279. The molecule has 0 aromatic carbocycles. The molecule has 0 heterocycles. The van der Waals surface area contributed by atoms with E-state index in [-0.39, 0.29) is 11.8 Å². The summed E-state index contributed by atoms with van der Waals surface area (Å²) in [5, 5.41) is 25.8. The molecule has 0 bridgehead atoms. The van der Waals surface area contributed by atoms with Crippen LogP contribution in [0.5, 0.6) is 0 Å². The van der Waals surface area contributed by atoms with Crippen LogP contribution in [-0.4, -0.2) is 64.7 Å².